The van der Waals surface area contributed by atoms with Gasteiger partial charge in [0.1, 0.15) is 5.82 Å². The predicted molar refractivity (Wildman–Crippen MR) is 65.3 cm³/mol. The van der Waals surface area contributed by atoms with Gasteiger partial charge in [0.2, 0.25) is 5.95 Å². The largest absolute Gasteiger partial charge is 0.368 e. The molecule has 4 saturated carbocycles. The maximum atomic E-state index is 6.05. The van der Waals surface area contributed by atoms with E-state index < -0.39 is 0 Å². The molecule has 4 heteroatoms. The number of nitrogen functional groups attached to an aromatic ring is 1. The van der Waals surface area contributed by atoms with Crippen LogP contribution in [0, 0.1) is 24.7 Å². The van der Waals surface area contributed by atoms with Crippen molar-refractivity contribution in [2.75, 3.05) is 5.73 Å². The van der Waals surface area contributed by atoms with Gasteiger partial charge < -0.3 is 5.73 Å². The SMILES string of the molecule is Cc1nnc(N)n1C12CC3CC(CC(C3)C1)C2. The number of nitrogens with zero attached hydrogens (tertiary/aromatic N) is 3. The Balaban J connectivity index is 1.82. The summed E-state index contributed by atoms with van der Waals surface area (Å²) in [5.74, 6) is 4.43. The van der Waals surface area contributed by atoms with E-state index in [2.05, 4.69) is 14.8 Å². The van der Waals surface area contributed by atoms with Gasteiger partial charge in [0.25, 0.3) is 0 Å². The van der Waals surface area contributed by atoms with E-state index in [1.165, 1.54) is 38.5 Å². The summed E-state index contributed by atoms with van der Waals surface area (Å²) < 4.78 is 2.26. The number of aryl methyl sites for hydroxylation is 1. The predicted octanol–water partition coefficient (Wildman–Crippen LogP) is 2.09. The molecule has 0 amide bonds. The Kier molecular flexibility index (Phi) is 1.77. The van der Waals surface area contributed by atoms with Crippen molar-refractivity contribution in [1.82, 2.24) is 14.8 Å². The number of hydrogen-bond donors (Lipinski definition) is 1. The molecule has 0 aliphatic heterocycles. The van der Waals surface area contributed by atoms with Gasteiger partial charge in [-0.25, -0.2) is 0 Å². The molecule has 0 aromatic carbocycles. The maximum Gasteiger partial charge on any atom is 0.222 e. The zero-order valence-corrected chi connectivity index (χ0v) is 10.4. The highest BCUT2D eigenvalue weighted by molar-refractivity contribution is 5.23. The second-order valence-corrected chi connectivity index (χ2v) is 6.58. The van der Waals surface area contributed by atoms with Crippen molar-refractivity contribution in [3.05, 3.63) is 5.82 Å². The number of nitrogens with two attached hydrogens (primary N) is 1. The zero-order chi connectivity index (χ0) is 11.6. The molecule has 4 fully saturated rings. The molecule has 4 nitrogen and oxygen atoms in total. The van der Waals surface area contributed by atoms with Crippen LogP contribution in [0.3, 0.4) is 0 Å². The van der Waals surface area contributed by atoms with Crippen LogP contribution in [0.4, 0.5) is 5.95 Å². The molecule has 0 saturated heterocycles. The Hall–Kier alpha value is -1.06. The summed E-state index contributed by atoms with van der Waals surface area (Å²) in [5, 5.41) is 8.23. The smallest absolute Gasteiger partial charge is 0.222 e. The van der Waals surface area contributed by atoms with Crippen molar-refractivity contribution in [3.63, 3.8) is 0 Å². The number of aromatic nitrogens is 3. The maximum absolute atomic E-state index is 6.05. The Labute approximate surface area is 102 Å². The van der Waals surface area contributed by atoms with Gasteiger partial charge in [-0.15, -0.1) is 10.2 Å². The first-order chi connectivity index (χ1) is 8.16. The average molecular weight is 232 g/mol. The minimum absolute atomic E-state index is 0.270. The van der Waals surface area contributed by atoms with E-state index in [0.717, 1.165) is 23.6 Å². The lowest BCUT2D eigenvalue weighted by Crippen LogP contribution is -2.52. The molecule has 0 unspecified atom stereocenters. The van der Waals surface area contributed by atoms with Crippen molar-refractivity contribution in [3.8, 4) is 0 Å². The summed E-state index contributed by atoms with van der Waals surface area (Å²) in [6, 6.07) is 0. The summed E-state index contributed by atoms with van der Waals surface area (Å²) >= 11 is 0. The second kappa shape index (κ2) is 3.03. The third kappa shape index (κ3) is 1.24. The standard InChI is InChI=1S/C13H20N4/c1-8-15-16-12(14)17(8)13-5-9-2-10(6-13)4-11(3-9)7-13/h9-11H,2-7H2,1H3,(H2,14,16). The minimum atomic E-state index is 0.270. The minimum Gasteiger partial charge on any atom is -0.368 e. The van der Waals surface area contributed by atoms with Crippen LogP contribution in [0.1, 0.15) is 44.3 Å². The first-order valence-electron chi connectivity index (χ1n) is 6.84. The Morgan fingerprint density at radius 3 is 2.00 bits per heavy atom. The van der Waals surface area contributed by atoms with Crippen molar-refractivity contribution < 1.29 is 0 Å². The summed E-state index contributed by atoms with van der Waals surface area (Å²) in [4.78, 5) is 0. The first kappa shape index (κ1) is 9.92. The van der Waals surface area contributed by atoms with Gasteiger partial charge >= 0.3 is 0 Å². The molecule has 0 radical (unpaired) electrons. The highest BCUT2D eigenvalue weighted by atomic mass is 15.3. The quantitative estimate of drug-likeness (QED) is 0.806. The van der Waals surface area contributed by atoms with Crippen LogP contribution < -0.4 is 5.73 Å². The monoisotopic (exact) mass is 232 g/mol. The molecule has 0 spiro atoms. The van der Waals surface area contributed by atoms with Gasteiger partial charge in [0.05, 0.1) is 0 Å². The number of anilines is 1. The summed E-state index contributed by atoms with van der Waals surface area (Å²) in [6.45, 7) is 2.04. The summed E-state index contributed by atoms with van der Waals surface area (Å²) in [6.07, 6.45) is 8.30. The Bertz CT molecular complexity index is 407. The fraction of sp³-hybridized carbons (Fsp3) is 0.846. The number of rotatable bonds is 1. The van der Waals surface area contributed by atoms with Gasteiger partial charge in [-0.3, -0.25) is 4.57 Å². The molecule has 4 aliphatic carbocycles. The first-order valence-corrected chi connectivity index (χ1v) is 6.84. The zero-order valence-electron chi connectivity index (χ0n) is 10.4. The van der Waals surface area contributed by atoms with E-state index in [9.17, 15) is 0 Å². The normalized spacial score (nSPS) is 43.2. The molecule has 4 aliphatic rings. The molecule has 1 aromatic heterocycles. The molecular weight excluding hydrogens is 212 g/mol. The summed E-state index contributed by atoms with van der Waals surface area (Å²) in [7, 11) is 0. The van der Waals surface area contributed by atoms with Gasteiger partial charge in [-0.1, -0.05) is 0 Å². The topological polar surface area (TPSA) is 56.7 Å². The van der Waals surface area contributed by atoms with Crippen LogP contribution in [-0.2, 0) is 5.54 Å². The van der Waals surface area contributed by atoms with E-state index in [1.807, 2.05) is 6.92 Å². The van der Waals surface area contributed by atoms with Gasteiger partial charge in [0.15, 0.2) is 0 Å². The van der Waals surface area contributed by atoms with Crippen molar-refractivity contribution in [1.29, 1.82) is 0 Å². The average Bonchev–Trinajstić information content (AvgIpc) is 2.56. The molecule has 2 N–H and O–H groups in total. The van der Waals surface area contributed by atoms with E-state index in [0.29, 0.717) is 5.95 Å². The molecule has 92 valence electrons. The Morgan fingerprint density at radius 2 is 1.59 bits per heavy atom. The van der Waals surface area contributed by atoms with Crippen molar-refractivity contribution in [2.24, 2.45) is 17.8 Å². The highest BCUT2D eigenvalue weighted by Crippen LogP contribution is 2.59. The molecule has 5 rings (SSSR count). The van der Waals surface area contributed by atoms with Crippen LogP contribution in [-0.4, -0.2) is 14.8 Å². The van der Waals surface area contributed by atoms with E-state index >= 15 is 0 Å². The molecule has 1 heterocycles. The van der Waals surface area contributed by atoms with Crippen LogP contribution in [0.5, 0.6) is 0 Å². The number of hydrogen-bond acceptors (Lipinski definition) is 3. The van der Waals surface area contributed by atoms with Crippen molar-refractivity contribution >= 4 is 5.95 Å². The van der Waals surface area contributed by atoms with Gasteiger partial charge in [-0.05, 0) is 63.2 Å². The second-order valence-electron chi connectivity index (χ2n) is 6.58. The fourth-order valence-electron chi connectivity index (χ4n) is 5.30. The van der Waals surface area contributed by atoms with Crippen molar-refractivity contribution in [2.45, 2.75) is 51.0 Å². The molecule has 0 atom stereocenters. The van der Waals surface area contributed by atoms with Crippen LogP contribution in [0.25, 0.3) is 0 Å². The lowest BCUT2D eigenvalue weighted by atomic mass is 9.53. The molecule has 1 aromatic rings. The highest BCUT2D eigenvalue weighted by Gasteiger charge is 2.52. The van der Waals surface area contributed by atoms with Crippen LogP contribution in [0.2, 0.25) is 0 Å². The van der Waals surface area contributed by atoms with Gasteiger partial charge in [-0.2, -0.15) is 0 Å². The van der Waals surface area contributed by atoms with E-state index in [-0.39, 0.29) is 5.54 Å². The van der Waals surface area contributed by atoms with E-state index in [1.54, 1.807) is 0 Å². The molecule has 17 heavy (non-hydrogen) atoms. The summed E-state index contributed by atoms with van der Waals surface area (Å²) in [5.41, 5.74) is 6.32. The third-order valence-electron chi connectivity index (χ3n) is 5.33. The molecular formula is C13H20N4. The Morgan fingerprint density at radius 1 is 1.06 bits per heavy atom. The lowest BCUT2D eigenvalue weighted by Gasteiger charge is -2.57. The third-order valence-corrected chi connectivity index (χ3v) is 5.33. The van der Waals surface area contributed by atoms with Crippen LogP contribution >= 0.6 is 0 Å². The fourth-order valence-corrected chi connectivity index (χ4v) is 5.30. The van der Waals surface area contributed by atoms with E-state index in [4.69, 9.17) is 5.73 Å². The van der Waals surface area contributed by atoms with Crippen LogP contribution in [0.15, 0.2) is 0 Å². The van der Waals surface area contributed by atoms with Gasteiger partial charge in [0, 0.05) is 5.54 Å². The molecule has 4 bridgehead atoms. The lowest BCUT2D eigenvalue weighted by molar-refractivity contribution is -0.0430.